The fourth-order valence-electron chi connectivity index (χ4n) is 2.22. The zero-order chi connectivity index (χ0) is 12.7. The van der Waals surface area contributed by atoms with Gasteiger partial charge in [-0.05, 0) is 25.1 Å². The molecule has 0 saturated carbocycles. The van der Waals surface area contributed by atoms with Crippen molar-refractivity contribution in [3.05, 3.63) is 29.3 Å². The van der Waals surface area contributed by atoms with Crippen molar-refractivity contribution in [3.63, 3.8) is 0 Å². The summed E-state index contributed by atoms with van der Waals surface area (Å²) in [5, 5.41) is 13.1. The lowest BCUT2D eigenvalue weighted by molar-refractivity contribution is -0.140. The number of alkyl halides is 3. The van der Waals surface area contributed by atoms with Crippen LogP contribution >= 0.6 is 0 Å². The number of nitrogens with one attached hydrogen (secondary N) is 1. The Labute approximate surface area is 96.4 Å². The van der Waals surface area contributed by atoms with Gasteiger partial charge >= 0.3 is 6.18 Å². The Morgan fingerprint density at radius 3 is 2.59 bits per heavy atom. The fourth-order valence-corrected chi connectivity index (χ4v) is 2.22. The average molecular weight is 246 g/mol. The van der Waals surface area contributed by atoms with E-state index < -0.39 is 17.3 Å². The van der Waals surface area contributed by atoms with E-state index in [9.17, 15) is 18.3 Å². The summed E-state index contributed by atoms with van der Waals surface area (Å²) in [5.74, 6) is 0. The first-order chi connectivity index (χ1) is 7.84. The van der Waals surface area contributed by atoms with E-state index in [0.717, 1.165) is 6.07 Å². The third kappa shape index (κ3) is 2.10. The van der Waals surface area contributed by atoms with Gasteiger partial charge in [-0.15, -0.1) is 0 Å². The molecule has 3 nitrogen and oxygen atoms in total. The zero-order valence-corrected chi connectivity index (χ0v) is 9.01. The molecule has 0 radical (unpaired) electrons. The summed E-state index contributed by atoms with van der Waals surface area (Å²) in [6, 6.07) is 3.57. The van der Waals surface area contributed by atoms with E-state index in [1.165, 1.54) is 12.1 Å². The molecule has 1 aromatic carbocycles. The molecule has 0 aliphatic carbocycles. The molecule has 1 aliphatic heterocycles. The molecule has 94 valence electrons. The predicted octanol–water partition coefficient (Wildman–Crippen LogP) is 1.47. The number of hydrogen-bond donors (Lipinski definition) is 3. The maximum absolute atomic E-state index is 12.9. The SMILES string of the molecule is Nc1cccc(C(F)(F)F)c1C1(O)CCNC1. The highest BCUT2D eigenvalue weighted by atomic mass is 19.4. The Bertz CT molecular complexity index is 425. The van der Waals surface area contributed by atoms with E-state index in [1.807, 2.05) is 0 Å². The molecule has 4 N–H and O–H groups in total. The predicted molar refractivity (Wildman–Crippen MR) is 57.2 cm³/mol. The Morgan fingerprint density at radius 1 is 1.35 bits per heavy atom. The van der Waals surface area contributed by atoms with Crippen LogP contribution in [0.15, 0.2) is 18.2 Å². The van der Waals surface area contributed by atoms with Gasteiger partial charge < -0.3 is 16.2 Å². The Morgan fingerprint density at radius 2 is 2.06 bits per heavy atom. The lowest BCUT2D eigenvalue weighted by atomic mass is 9.87. The molecule has 2 rings (SSSR count). The number of nitrogen functional groups attached to an aromatic ring is 1. The zero-order valence-electron chi connectivity index (χ0n) is 9.01. The molecule has 0 amide bonds. The molecule has 0 spiro atoms. The number of benzene rings is 1. The molecule has 17 heavy (non-hydrogen) atoms. The summed E-state index contributed by atoms with van der Waals surface area (Å²) < 4.78 is 38.6. The quantitative estimate of drug-likeness (QED) is 0.658. The maximum Gasteiger partial charge on any atom is 0.416 e. The molecule has 0 aromatic heterocycles. The molecule has 1 heterocycles. The third-order valence-electron chi connectivity index (χ3n) is 3.00. The average Bonchev–Trinajstić information content (AvgIpc) is 2.64. The first-order valence-electron chi connectivity index (χ1n) is 5.24. The number of rotatable bonds is 1. The minimum atomic E-state index is -4.51. The molecular weight excluding hydrogens is 233 g/mol. The lowest BCUT2D eigenvalue weighted by Crippen LogP contribution is -2.32. The van der Waals surface area contributed by atoms with Crippen LogP contribution in [0.4, 0.5) is 18.9 Å². The molecule has 0 bridgehead atoms. The van der Waals surface area contributed by atoms with E-state index in [0.29, 0.717) is 6.54 Å². The van der Waals surface area contributed by atoms with Crippen LogP contribution in [0, 0.1) is 0 Å². The van der Waals surface area contributed by atoms with Crippen LogP contribution in [0.1, 0.15) is 17.5 Å². The number of anilines is 1. The van der Waals surface area contributed by atoms with E-state index in [2.05, 4.69) is 5.32 Å². The van der Waals surface area contributed by atoms with Crippen LogP contribution in [0.5, 0.6) is 0 Å². The van der Waals surface area contributed by atoms with Gasteiger partial charge in [-0.1, -0.05) is 6.07 Å². The Hall–Kier alpha value is -1.27. The summed E-state index contributed by atoms with van der Waals surface area (Å²) >= 11 is 0. The summed E-state index contributed by atoms with van der Waals surface area (Å²) in [6.45, 7) is 0.562. The van der Waals surface area contributed by atoms with E-state index in [4.69, 9.17) is 5.73 Å². The summed E-state index contributed by atoms with van der Waals surface area (Å²) in [7, 11) is 0. The molecule has 1 aromatic rings. The molecule has 1 aliphatic rings. The summed E-state index contributed by atoms with van der Waals surface area (Å²) in [4.78, 5) is 0. The number of nitrogens with two attached hydrogens (primary N) is 1. The first-order valence-corrected chi connectivity index (χ1v) is 5.24. The maximum atomic E-state index is 12.9. The van der Waals surface area contributed by atoms with Gasteiger partial charge in [0.25, 0.3) is 0 Å². The largest absolute Gasteiger partial charge is 0.416 e. The number of β-amino-alcohol motifs (C(OH)–C–C–N with tert-alkyl or cyclic N) is 1. The molecule has 6 heteroatoms. The van der Waals surface area contributed by atoms with Gasteiger partial charge in [-0.2, -0.15) is 13.2 Å². The van der Waals surface area contributed by atoms with Crippen LogP contribution in [0.2, 0.25) is 0 Å². The second-order valence-corrected chi connectivity index (χ2v) is 4.23. The highest BCUT2D eigenvalue weighted by molar-refractivity contribution is 5.55. The van der Waals surface area contributed by atoms with Crippen LogP contribution in [-0.2, 0) is 11.8 Å². The molecule has 1 saturated heterocycles. The minimum absolute atomic E-state index is 0.0222. The van der Waals surface area contributed by atoms with Crippen molar-refractivity contribution in [2.75, 3.05) is 18.8 Å². The first kappa shape index (κ1) is 12.2. The van der Waals surface area contributed by atoms with Gasteiger partial charge in [0.15, 0.2) is 0 Å². The Kier molecular flexibility index (Phi) is 2.79. The highest BCUT2D eigenvalue weighted by Crippen LogP contribution is 2.41. The van der Waals surface area contributed by atoms with Crippen LogP contribution in [0.25, 0.3) is 0 Å². The van der Waals surface area contributed by atoms with Gasteiger partial charge in [0, 0.05) is 17.8 Å². The van der Waals surface area contributed by atoms with Crippen molar-refractivity contribution in [1.29, 1.82) is 0 Å². The highest BCUT2D eigenvalue weighted by Gasteiger charge is 2.43. The van der Waals surface area contributed by atoms with E-state index in [-0.39, 0.29) is 24.2 Å². The topological polar surface area (TPSA) is 58.3 Å². The summed E-state index contributed by atoms with van der Waals surface area (Å²) in [5.41, 5.74) is 2.97. The van der Waals surface area contributed by atoms with Gasteiger partial charge in [0.1, 0.15) is 5.60 Å². The van der Waals surface area contributed by atoms with Crippen molar-refractivity contribution < 1.29 is 18.3 Å². The molecule has 1 atom stereocenters. The van der Waals surface area contributed by atoms with Crippen LogP contribution in [-0.4, -0.2) is 18.2 Å². The number of halogens is 3. The normalized spacial score (nSPS) is 25.2. The van der Waals surface area contributed by atoms with Gasteiger partial charge in [-0.25, -0.2) is 0 Å². The van der Waals surface area contributed by atoms with E-state index in [1.54, 1.807) is 0 Å². The standard InChI is InChI=1S/C11H13F3N2O/c12-11(13,14)7-2-1-3-8(15)9(7)10(17)4-5-16-6-10/h1-3,16-17H,4-6,15H2. The third-order valence-corrected chi connectivity index (χ3v) is 3.00. The van der Waals surface area contributed by atoms with Crippen molar-refractivity contribution in [3.8, 4) is 0 Å². The van der Waals surface area contributed by atoms with Crippen LogP contribution < -0.4 is 11.1 Å². The smallest absolute Gasteiger partial charge is 0.398 e. The van der Waals surface area contributed by atoms with E-state index >= 15 is 0 Å². The second-order valence-electron chi connectivity index (χ2n) is 4.23. The Balaban J connectivity index is 2.59. The van der Waals surface area contributed by atoms with Crippen LogP contribution in [0.3, 0.4) is 0 Å². The number of aliphatic hydroxyl groups is 1. The van der Waals surface area contributed by atoms with Gasteiger partial charge in [0.2, 0.25) is 0 Å². The molecule has 1 unspecified atom stereocenters. The van der Waals surface area contributed by atoms with Gasteiger partial charge in [0.05, 0.1) is 5.56 Å². The minimum Gasteiger partial charge on any atom is -0.398 e. The second kappa shape index (κ2) is 3.89. The fraction of sp³-hybridized carbons (Fsp3) is 0.455. The molecular formula is C11H13F3N2O. The van der Waals surface area contributed by atoms with Crippen molar-refractivity contribution in [2.45, 2.75) is 18.2 Å². The van der Waals surface area contributed by atoms with Crippen molar-refractivity contribution in [1.82, 2.24) is 5.32 Å². The molecule has 1 fully saturated rings. The number of hydrogen-bond acceptors (Lipinski definition) is 3. The monoisotopic (exact) mass is 246 g/mol. The van der Waals surface area contributed by atoms with Gasteiger partial charge in [-0.3, -0.25) is 0 Å². The lowest BCUT2D eigenvalue weighted by Gasteiger charge is -2.27. The van der Waals surface area contributed by atoms with Crippen molar-refractivity contribution >= 4 is 5.69 Å². The van der Waals surface area contributed by atoms with Crippen molar-refractivity contribution in [2.24, 2.45) is 0 Å². The summed E-state index contributed by atoms with van der Waals surface area (Å²) in [6.07, 6.45) is -4.28.